The van der Waals surface area contributed by atoms with E-state index in [1.807, 2.05) is 48.5 Å². The lowest BCUT2D eigenvalue weighted by atomic mass is 9.82. The Bertz CT molecular complexity index is 1090. The van der Waals surface area contributed by atoms with Gasteiger partial charge in [0.2, 0.25) is 5.41 Å². The highest BCUT2D eigenvalue weighted by Gasteiger charge is 2.54. The molecule has 162 valence electrons. The number of hydrogen-bond donors (Lipinski definition) is 1. The van der Waals surface area contributed by atoms with Crippen LogP contribution in [0.3, 0.4) is 0 Å². The molecule has 0 saturated heterocycles. The lowest BCUT2D eigenvalue weighted by Gasteiger charge is -2.31. The molecule has 0 fully saturated rings. The van der Waals surface area contributed by atoms with Crippen molar-refractivity contribution in [3.63, 3.8) is 0 Å². The van der Waals surface area contributed by atoms with Crippen LogP contribution in [0, 0.1) is 0 Å². The van der Waals surface area contributed by atoms with E-state index in [9.17, 15) is 9.59 Å². The minimum Gasteiger partial charge on any atom is -0.497 e. The molecule has 0 unspecified atom stereocenters. The lowest BCUT2D eigenvalue weighted by Crippen LogP contribution is -2.53. The van der Waals surface area contributed by atoms with Crippen molar-refractivity contribution >= 4 is 22.8 Å². The molecular formula is C24H26N2O5. The predicted molar refractivity (Wildman–Crippen MR) is 116 cm³/mol. The van der Waals surface area contributed by atoms with Gasteiger partial charge in [-0.25, -0.2) is 0 Å². The van der Waals surface area contributed by atoms with Crippen molar-refractivity contribution in [2.24, 2.45) is 0 Å². The zero-order chi connectivity index (χ0) is 22.0. The fourth-order valence-electron chi connectivity index (χ4n) is 4.49. The zero-order valence-corrected chi connectivity index (χ0v) is 17.9. The van der Waals surface area contributed by atoms with Gasteiger partial charge in [0.05, 0.1) is 21.3 Å². The first-order chi connectivity index (χ1) is 15.0. The topological polar surface area (TPSA) is 80.9 Å². The van der Waals surface area contributed by atoms with E-state index >= 15 is 0 Å². The molecule has 0 spiro atoms. The van der Waals surface area contributed by atoms with E-state index < -0.39 is 17.4 Å². The molecule has 0 aliphatic carbocycles. The molecule has 2 aromatic carbocycles. The summed E-state index contributed by atoms with van der Waals surface area (Å²) in [4.78, 5) is 31.8. The first kappa shape index (κ1) is 20.9. The Morgan fingerprint density at radius 3 is 2.39 bits per heavy atom. The van der Waals surface area contributed by atoms with Crippen molar-refractivity contribution in [3.8, 4) is 5.75 Å². The average molecular weight is 422 g/mol. The van der Waals surface area contributed by atoms with Crippen LogP contribution >= 0.6 is 0 Å². The Hall–Kier alpha value is -3.32. The number of esters is 2. The van der Waals surface area contributed by atoms with Crippen LogP contribution in [0.5, 0.6) is 5.75 Å². The molecular weight excluding hydrogens is 396 g/mol. The van der Waals surface area contributed by atoms with E-state index in [1.54, 1.807) is 7.11 Å². The highest BCUT2D eigenvalue weighted by atomic mass is 16.5. The number of carbonyl (C=O) groups excluding carboxylic acids is 2. The number of methoxy groups -OCH3 is 3. The maximum Gasteiger partial charge on any atom is 0.330 e. The van der Waals surface area contributed by atoms with Crippen LogP contribution in [0.2, 0.25) is 0 Å². The molecule has 31 heavy (non-hydrogen) atoms. The molecule has 0 radical (unpaired) electrons. The van der Waals surface area contributed by atoms with E-state index in [0.29, 0.717) is 31.0 Å². The molecule has 1 aromatic heterocycles. The number of ether oxygens (including phenoxy) is 3. The van der Waals surface area contributed by atoms with Crippen LogP contribution in [0.1, 0.15) is 16.8 Å². The van der Waals surface area contributed by atoms with Crippen molar-refractivity contribution in [1.82, 2.24) is 9.88 Å². The van der Waals surface area contributed by atoms with Gasteiger partial charge in [-0.3, -0.25) is 14.5 Å². The number of nitrogens with one attached hydrogen (secondary N) is 1. The quantitative estimate of drug-likeness (QED) is 0.503. The van der Waals surface area contributed by atoms with Gasteiger partial charge in [0.1, 0.15) is 5.75 Å². The molecule has 4 rings (SSSR count). The smallest absolute Gasteiger partial charge is 0.330 e. The zero-order valence-electron chi connectivity index (χ0n) is 17.9. The van der Waals surface area contributed by atoms with Crippen LogP contribution in [-0.2, 0) is 37.4 Å². The van der Waals surface area contributed by atoms with Gasteiger partial charge in [-0.1, -0.05) is 30.3 Å². The maximum absolute atomic E-state index is 13.2. The summed E-state index contributed by atoms with van der Waals surface area (Å²) in [6.45, 7) is 1.43. The molecule has 0 amide bonds. The number of benzene rings is 2. The third kappa shape index (κ3) is 3.55. The molecule has 0 bridgehead atoms. The number of rotatable bonds is 5. The molecule has 7 heteroatoms. The summed E-state index contributed by atoms with van der Waals surface area (Å²) < 4.78 is 15.7. The van der Waals surface area contributed by atoms with Gasteiger partial charge in [0.25, 0.3) is 0 Å². The molecule has 1 aliphatic heterocycles. The van der Waals surface area contributed by atoms with E-state index in [1.165, 1.54) is 14.2 Å². The minimum absolute atomic E-state index is 0.151. The molecule has 3 aromatic rings. The minimum atomic E-state index is -1.61. The Morgan fingerprint density at radius 1 is 1.03 bits per heavy atom. The van der Waals surface area contributed by atoms with Gasteiger partial charge < -0.3 is 19.2 Å². The Morgan fingerprint density at radius 2 is 1.74 bits per heavy atom. The number of aromatic amines is 1. The Balaban J connectivity index is 1.87. The largest absolute Gasteiger partial charge is 0.497 e. The number of hydrogen-bond acceptors (Lipinski definition) is 6. The first-order valence-electron chi connectivity index (χ1n) is 10.2. The van der Waals surface area contributed by atoms with Crippen LogP contribution in [0.25, 0.3) is 10.9 Å². The third-order valence-electron chi connectivity index (χ3n) is 6.00. The van der Waals surface area contributed by atoms with Crippen LogP contribution in [0.15, 0.2) is 48.5 Å². The summed E-state index contributed by atoms with van der Waals surface area (Å²) in [5.41, 5.74) is 1.74. The summed E-state index contributed by atoms with van der Waals surface area (Å²) >= 11 is 0. The summed E-state index contributed by atoms with van der Waals surface area (Å²) in [6, 6.07) is 15.7. The maximum atomic E-state index is 13.2. The van der Waals surface area contributed by atoms with Crippen molar-refractivity contribution in [2.45, 2.75) is 18.4 Å². The van der Waals surface area contributed by atoms with Crippen molar-refractivity contribution in [2.75, 3.05) is 34.4 Å². The molecule has 2 heterocycles. The van der Waals surface area contributed by atoms with E-state index in [2.05, 4.69) is 9.88 Å². The summed E-state index contributed by atoms with van der Waals surface area (Å²) in [7, 11) is 4.19. The highest BCUT2D eigenvalue weighted by molar-refractivity contribution is 6.08. The van der Waals surface area contributed by atoms with Crippen molar-refractivity contribution in [3.05, 3.63) is 65.4 Å². The number of fused-ring (bicyclic) bond motifs is 3. The van der Waals surface area contributed by atoms with Crippen molar-refractivity contribution in [1.29, 1.82) is 0 Å². The first-order valence-corrected chi connectivity index (χ1v) is 10.2. The second kappa shape index (κ2) is 8.43. The van der Waals surface area contributed by atoms with Crippen LogP contribution < -0.4 is 4.74 Å². The average Bonchev–Trinajstić information content (AvgIpc) is 3.10. The second-order valence-electron chi connectivity index (χ2n) is 7.72. The number of aromatic nitrogens is 1. The monoisotopic (exact) mass is 422 g/mol. The number of carbonyl (C=O) groups is 2. The number of nitrogens with zero attached hydrogens (tertiary/aromatic N) is 1. The van der Waals surface area contributed by atoms with Gasteiger partial charge in [-0.2, -0.15) is 0 Å². The summed E-state index contributed by atoms with van der Waals surface area (Å²) in [5.74, 6) is -0.588. The second-order valence-corrected chi connectivity index (χ2v) is 7.72. The van der Waals surface area contributed by atoms with Crippen molar-refractivity contribution < 1.29 is 23.8 Å². The Labute approximate surface area is 180 Å². The Kier molecular flexibility index (Phi) is 5.69. The van der Waals surface area contributed by atoms with Gasteiger partial charge >= 0.3 is 11.9 Å². The normalized spacial score (nSPS) is 15.7. The molecule has 1 N–H and O–H groups in total. The fourth-order valence-corrected chi connectivity index (χ4v) is 4.49. The third-order valence-corrected chi connectivity index (χ3v) is 6.00. The van der Waals surface area contributed by atoms with E-state index in [4.69, 9.17) is 14.2 Å². The summed E-state index contributed by atoms with van der Waals surface area (Å²) in [6.07, 6.45) is 0.671. The van der Waals surface area contributed by atoms with Gasteiger partial charge in [0.15, 0.2) is 0 Å². The van der Waals surface area contributed by atoms with Gasteiger partial charge in [-0.15, -0.1) is 0 Å². The van der Waals surface area contributed by atoms with Gasteiger partial charge in [0, 0.05) is 42.3 Å². The highest BCUT2D eigenvalue weighted by Crippen LogP contribution is 2.39. The molecule has 7 nitrogen and oxygen atoms in total. The fraction of sp³-hybridized carbons (Fsp3) is 0.333. The van der Waals surface area contributed by atoms with E-state index in [0.717, 1.165) is 22.0 Å². The molecule has 0 saturated carbocycles. The number of H-pyrrole nitrogens is 1. The molecule has 1 aliphatic rings. The molecule has 0 atom stereocenters. The lowest BCUT2D eigenvalue weighted by molar-refractivity contribution is -0.163. The van der Waals surface area contributed by atoms with Crippen LogP contribution in [-0.4, -0.2) is 56.2 Å². The van der Waals surface area contributed by atoms with E-state index in [-0.39, 0.29) is 6.54 Å². The standard InChI is InChI=1S/C24H26N2O5/c1-29-17-9-10-18-19-11-12-26(14-16-7-5-4-6-8-16)15-24(22(27)30-2,23(28)31-3)21(19)25-20(18)13-17/h4-10,13,25H,11-12,14-15H2,1-3H3. The summed E-state index contributed by atoms with van der Waals surface area (Å²) in [5, 5.41) is 0.953. The van der Waals surface area contributed by atoms with Gasteiger partial charge in [-0.05, 0) is 29.7 Å². The van der Waals surface area contributed by atoms with Crippen LogP contribution in [0.4, 0.5) is 0 Å². The predicted octanol–water partition coefficient (Wildman–Crippen LogP) is 2.82. The SMILES string of the molecule is COC(=O)C1(C(=O)OC)CN(Cc2ccccc2)CCc2c1[nH]c1cc(OC)ccc21.